The number of para-hydroxylation sites is 2. The zero-order valence-electron chi connectivity index (χ0n) is 30.4. The highest BCUT2D eigenvalue weighted by Crippen LogP contribution is 2.41. The van der Waals surface area contributed by atoms with Crippen molar-refractivity contribution in [3.63, 3.8) is 0 Å². The molecule has 0 aliphatic heterocycles. The summed E-state index contributed by atoms with van der Waals surface area (Å²) in [7, 11) is 0. The second kappa shape index (κ2) is 12.3. The monoisotopic (exact) mass is 730 g/mol. The van der Waals surface area contributed by atoms with Crippen molar-refractivity contribution in [3.05, 3.63) is 182 Å². The summed E-state index contributed by atoms with van der Waals surface area (Å²) in [5, 5.41) is 6.50. The fraction of sp³-hybridized carbons (Fsp3) is 0. The molecule has 0 saturated carbocycles. The van der Waals surface area contributed by atoms with Gasteiger partial charge in [0.1, 0.15) is 22.3 Å². The van der Waals surface area contributed by atoms with Crippen molar-refractivity contribution in [2.75, 3.05) is 0 Å². The number of fused-ring (bicyclic) bond motifs is 9. The van der Waals surface area contributed by atoms with Gasteiger partial charge < -0.3 is 13.4 Å². The van der Waals surface area contributed by atoms with E-state index in [2.05, 4.69) is 120 Å². The third-order valence-corrected chi connectivity index (χ3v) is 11.1. The molecule has 6 heteroatoms. The molecule has 4 aromatic heterocycles. The van der Waals surface area contributed by atoms with Crippen molar-refractivity contribution in [3.8, 4) is 51.0 Å². The van der Waals surface area contributed by atoms with Gasteiger partial charge in [0.15, 0.2) is 17.5 Å². The van der Waals surface area contributed by atoms with E-state index in [-0.39, 0.29) is 0 Å². The standard InChI is InChI=1S/C51H30N4O2/c1-3-13-31(14-4-1)35-19-11-23-44-47(35)38-27-25-33(29-46(38)57-44)50-52-49(32-15-5-2-6-16-32)53-51(54-50)39-20-12-24-45-48(39)40-30-34(26-28-43(40)56-45)55-41-21-9-7-17-36(41)37-18-8-10-22-42(37)55/h1-30H. The molecule has 0 N–H and O–H groups in total. The smallest absolute Gasteiger partial charge is 0.164 e. The molecule has 4 heterocycles. The Labute approximate surface area is 325 Å². The molecule has 0 spiro atoms. The molecular formula is C51H30N4O2. The number of aromatic nitrogens is 4. The minimum atomic E-state index is 0.556. The highest BCUT2D eigenvalue weighted by atomic mass is 16.3. The molecule has 57 heavy (non-hydrogen) atoms. The fourth-order valence-electron chi connectivity index (χ4n) is 8.51. The fourth-order valence-corrected chi connectivity index (χ4v) is 8.51. The van der Waals surface area contributed by atoms with Gasteiger partial charge in [-0.05, 0) is 65.7 Å². The summed E-state index contributed by atoms with van der Waals surface area (Å²) >= 11 is 0. The lowest BCUT2D eigenvalue weighted by Crippen LogP contribution is -2.00. The van der Waals surface area contributed by atoms with Gasteiger partial charge in [-0.1, -0.05) is 127 Å². The lowest BCUT2D eigenvalue weighted by atomic mass is 9.99. The Morgan fingerprint density at radius 1 is 0.333 bits per heavy atom. The highest BCUT2D eigenvalue weighted by molar-refractivity contribution is 6.15. The van der Waals surface area contributed by atoms with E-state index in [1.54, 1.807) is 0 Å². The maximum Gasteiger partial charge on any atom is 0.164 e. The normalized spacial score (nSPS) is 11.9. The first-order valence-electron chi connectivity index (χ1n) is 19.0. The Kier molecular flexibility index (Phi) is 6.83. The first-order chi connectivity index (χ1) is 28.2. The van der Waals surface area contributed by atoms with Crippen LogP contribution >= 0.6 is 0 Å². The molecule has 266 valence electrons. The molecule has 6 nitrogen and oxygen atoms in total. The SMILES string of the molecule is c1ccc(-c2nc(-c3ccc4c(c3)oc3cccc(-c5ccccc5)c34)nc(-c3cccc4oc5ccc(-n6c7ccccc7c7ccccc76)cc5c34)n2)cc1. The number of nitrogens with zero attached hydrogens (tertiary/aromatic N) is 4. The summed E-state index contributed by atoms with van der Waals surface area (Å²) < 4.78 is 15.4. The van der Waals surface area contributed by atoms with E-state index in [4.69, 9.17) is 23.8 Å². The molecule has 0 aliphatic carbocycles. The Bertz CT molecular complexity index is 3470. The van der Waals surface area contributed by atoms with Crippen molar-refractivity contribution in [2.45, 2.75) is 0 Å². The van der Waals surface area contributed by atoms with E-state index < -0.39 is 0 Å². The molecule has 0 bridgehead atoms. The highest BCUT2D eigenvalue weighted by Gasteiger charge is 2.21. The van der Waals surface area contributed by atoms with Gasteiger partial charge in [0.05, 0.1) is 11.0 Å². The van der Waals surface area contributed by atoms with E-state index in [9.17, 15) is 0 Å². The predicted octanol–water partition coefficient (Wildman–Crippen LogP) is 13.4. The Morgan fingerprint density at radius 3 is 1.63 bits per heavy atom. The van der Waals surface area contributed by atoms with Crippen molar-refractivity contribution < 1.29 is 8.83 Å². The van der Waals surface area contributed by atoms with Crippen LogP contribution in [0.25, 0.3) is 117 Å². The zero-order valence-corrected chi connectivity index (χ0v) is 30.4. The van der Waals surface area contributed by atoms with Gasteiger partial charge in [0, 0.05) is 54.7 Å². The first kappa shape index (κ1) is 31.5. The van der Waals surface area contributed by atoms with Gasteiger partial charge >= 0.3 is 0 Å². The van der Waals surface area contributed by atoms with Gasteiger partial charge in [-0.15, -0.1) is 0 Å². The molecular weight excluding hydrogens is 701 g/mol. The van der Waals surface area contributed by atoms with Gasteiger partial charge in [0.25, 0.3) is 0 Å². The van der Waals surface area contributed by atoms with E-state index in [1.165, 1.54) is 10.8 Å². The molecule has 0 unspecified atom stereocenters. The van der Waals surface area contributed by atoms with E-state index in [0.717, 1.165) is 88.4 Å². The Morgan fingerprint density at radius 2 is 0.912 bits per heavy atom. The lowest BCUT2D eigenvalue weighted by molar-refractivity contribution is 0.668. The van der Waals surface area contributed by atoms with Crippen LogP contribution in [0.4, 0.5) is 0 Å². The maximum atomic E-state index is 6.52. The minimum Gasteiger partial charge on any atom is -0.456 e. The van der Waals surface area contributed by atoms with Gasteiger partial charge in [-0.25, -0.2) is 15.0 Å². The number of hydrogen-bond acceptors (Lipinski definition) is 5. The van der Waals surface area contributed by atoms with Crippen LogP contribution in [-0.4, -0.2) is 19.5 Å². The maximum absolute atomic E-state index is 6.52. The van der Waals surface area contributed by atoms with Gasteiger partial charge in [0.2, 0.25) is 0 Å². The van der Waals surface area contributed by atoms with Crippen molar-refractivity contribution >= 4 is 65.7 Å². The van der Waals surface area contributed by atoms with Gasteiger partial charge in [-0.3, -0.25) is 0 Å². The summed E-state index contributed by atoms with van der Waals surface area (Å²) in [5.74, 6) is 1.70. The van der Waals surface area contributed by atoms with Crippen molar-refractivity contribution in [1.82, 2.24) is 19.5 Å². The molecule has 0 atom stereocenters. The molecule has 0 saturated heterocycles. The third kappa shape index (κ3) is 4.94. The molecule has 12 rings (SSSR count). The average Bonchev–Trinajstić information content (AvgIpc) is 3.96. The second-order valence-corrected chi connectivity index (χ2v) is 14.4. The summed E-state index contributed by atoms with van der Waals surface area (Å²) in [6.07, 6.45) is 0. The largest absolute Gasteiger partial charge is 0.456 e. The van der Waals surface area contributed by atoms with E-state index >= 15 is 0 Å². The van der Waals surface area contributed by atoms with Crippen LogP contribution < -0.4 is 0 Å². The zero-order chi connectivity index (χ0) is 37.5. The summed E-state index contributed by atoms with van der Waals surface area (Å²) in [4.78, 5) is 15.4. The molecule has 0 fully saturated rings. The summed E-state index contributed by atoms with van der Waals surface area (Å²) in [5.41, 5.74) is 11.4. The number of furan rings is 2. The molecule has 0 amide bonds. The van der Waals surface area contributed by atoms with Gasteiger partial charge in [-0.2, -0.15) is 0 Å². The predicted molar refractivity (Wildman–Crippen MR) is 230 cm³/mol. The molecule has 0 aliphatic rings. The third-order valence-electron chi connectivity index (χ3n) is 11.1. The van der Waals surface area contributed by atoms with E-state index in [1.807, 2.05) is 66.7 Å². The number of rotatable bonds is 5. The Hall–Kier alpha value is -7.83. The van der Waals surface area contributed by atoms with Crippen LogP contribution in [0.3, 0.4) is 0 Å². The van der Waals surface area contributed by atoms with Crippen LogP contribution in [-0.2, 0) is 0 Å². The van der Waals surface area contributed by atoms with Crippen molar-refractivity contribution in [1.29, 1.82) is 0 Å². The molecule has 8 aromatic carbocycles. The van der Waals surface area contributed by atoms with Crippen LogP contribution in [0.15, 0.2) is 191 Å². The second-order valence-electron chi connectivity index (χ2n) is 14.4. The number of hydrogen-bond donors (Lipinski definition) is 0. The lowest BCUT2D eigenvalue weighted by Gasteiger charge is -2.10. The average molecular weight is 731 g/mol. The number of benzene rings is 8. The molecule has 0 radical (unpaired) electrons. The summed E-state index contributed by atoms with van der Waals surface area (Å²) in [6, 6.07) is 62.6. The van der Waals surface area contributed by atoms with E-state index in [0.29, 0.717) is 17.5 Å². The van der Waals surface area contributed by atoms with Crippen LogP contribution in [0.2, 0.25) is 0 Å². The topological polar surface area (TPSA) is 69.9 Å². The quantitative estimate of drug-likeness (QED) is 0.176. The van der Waals surface area contributed by atoms with Crippen LogP contribution in [0.5, 0.6) is 0 Å². The Balaban J connectivity index is 1.06. The summed E-state index contributed by atoms with van der Waals surface area (Å²) in [6.45, 7) is 0. The first-order valence-corrected chi connectivity index (χ1v) is 19.0. The van der Waals surface area contributed by atoms with Crippen molar-refractivity contribution in [2.24, 2.45) is 0 Å². The van der Waals surface area contributed by atoms with Crippen LogP contribution in [0, 0.1) is 0 Å². The van der Waals surface area contributed by atoms with Crippen LogP contribution in [0.1, 0.15) is 0 Å². The minimum absolute atomic E-state index is 0.556. The molecule has 12 aromatic rings.